The zero-order valence-electron chi connectivity index (χ0n) is 10.5. The Balaban J connectivity index is 3.17. The number of halogens is 1. The minimum atomic E-state index is -3.59. The SMILES string of the molecule is C=CCN(C)S(=O)(=O)c1ccc(F)c(CNC)c1. The van der Waals surface area contributed by atoms with Gasteiger partial charge in [0.2, 0.25) is 10.0 Å². The first kappa shape index (κ1) is 14.8. The molecule has 1 aromatic rings. The fraction of sp³-hybridized carbons (Fsp3) is 0.333. The van der Waals surface area contributed by atoms with Gasteiger partial charge in [0.15, 0.2) is 0 Å². The second-order valence-electron chi connectivity index (χ2n) is 3.86. The summed E-state index contributed by atoms with van der Waals surface area (Å²) in [6, 6.07) is 3.78. The summed E-state index contributed by atoms with van der Waals surface area (Å²) in [4.78, 5) is 0.0819. The van der Waals surface area contributed by atoms with E-state index in [9.17, 15) is 12.8 Å². The molecule has 0 fully saturated rings. The highest BCUT2D eigenvalue weighted by Crippen LogP contribution is 2.18. The van der Waals surface area contributed by atoms with Crippen LogP contribution in [0.3, 0.4) is 0 Å². The molecule has 0 aliphatic rings. The maximum atomic E-state index is 13.4. The third-order valence-electron chi connectivity index (χ3n) is 2.48. The van der Waals surface area contributed by atoms with Gasteiger partial charge in [0.25, 0.3) is 0 Å². The van der Waals surface area contributed by atoms with Gasteiger partial charge in [-0.05, 0) is 25.2 Å². The van der Waals surface area contributed by atoms with Crippen molar-refractivity contribution in [3.05, 3.63) is 42.2 Å². The molecule has 0 aromatic heterocycles. The minimum Gasteiger partial charge on any atom is -0.316 e. The Labute approximate surface area is 107 Å². The van der Waals surface area contributed by atoms with Crippen LogP contribution in [0.2, 0.25) is 0 Å². The van der Waals surface area contributed by atoms with Crippen molar-refractivity contribution in [3.63, 3.8) is 0 Å². The summed E-state index contributed by atoms with van der Waals surface area (Å²) < 4.78 is 38.8. The second-order valence-corrected chi connectivity index (χ2v) is 5.90. The molecule has 0 amide bonds. The van der Waals surface area contributed by atoms with E-state index in [-0.39, 0.29) is 18.0 Å². The molecule has 0 heterocycles. The van der Waals surface area contributed by atoms with Crippen LogP contribution in [-0.4, -0.2) is 33.4 Å². The standard InChI is InChI=1S/C12H17FN2O2S/c1-4-7-15(3)18(16,17)11-5-6-12(13)10(8-11)9-14-2/h4-6,8,14H,1,7,9H2,2-3H3. The molecule has 1 aromatic carbocycles. The van der Waals surface area contributed by atoms with Crippen molar-refractivity contribution in [1.29, 1.82) is 0 Å². The molecule has 100 valence electrons. The molecule has 1 rings (SSSR count). The minimum absolute atomic E-state index is 0.0819. The van der Waals surface area contributed by atoms with E-state index in [4.69, 9.17) is 0 Å². The molecule has 0 saturated heterocycles. The smallest absolute Gasteiger partial charge is 0.243 e. The quantitative estimate of drug-likeness (QED) is 0.795. The van der Waals surface area contributed by atoms with E-state index in [0.717, 1.165) is 4.31 Å². The van der Waals surface area contributed by atoms with Crippen molar-refractivity contribution < 1.29 is 12.8 Å². The van der Waals surface area contributed by atoms with Crippen LogP contribution in [0.4, 0.5) is 4.39 Å². The summed E-state index contributed by atoms with van der Waals surface area (Å²) in [6.07, 6.45) is 1.50. The topological polar surface area (TPSA) is 49.4 Å². The lowest BCUT2D eigenvalue weighted by Crippen LogP contribution is -2.27. The van der Waals surface area contributed by atoms with Gasteiger partial charge in [0.05, 0.1) is 4.90 Å². The van der Waals surface area contributed by atoms with E-state index < -0.39 is 15.8 Å². The van der Waals surface area contributed by atoms with Crippen LogP contribution in [-0.2, 0) is 16.6 Å². The Morgan fingerprint density at radius 3 is 2.72 bits per heavy atom. The van der Waals surface area contributed by atoms with Crippen LogP contribution in [0.1, 0.15) is 5.56 Å². The van der Waals surface area contributed by atoms with E-state index in [2.05, 4.69) is 11.9 Å². The van der Waals surface area contributed by atoms with Crippen molar-refractivity contribution >= 4 is 10.0 Å². The number of likely N-dealkylation sites (N-methyl/N-ethyl adjacent to an activating group) is 1. The van der Waals surface area contributed by atoms with Crippen molar-refractivity contribution in [3.8, 4) is 0 Å². The molecule has 18 heavy (non-hydrogen) atoms. The van der Waals surface area contributed by atoms with Crippen molar-refractivity contribution in [2.75, 3.05) is 20.6 Å². The Hall–Kier alpha value is -1.24. The molecule has 0 unspecified atom stereocenters. The second kappa shape index (κ2) is 6.08. The van der Waals surface area contributed by atoms with Crippen LogP contribution >= 0.6 is 0 Å². The third-order valence-corrected chi connectivity index (χ3v) is 4.30. The first-order chi connectivity index (χ1) is 8.43. The summed E-state index contributed by atoms with van der Waals surface area (Å²) >= 11 is 0. The van der Waals surface area contributed by atoms with E-state index in [1.165, 1.54) is 31.3 Å². The zero-order chi connectivity index (χ0) is 13.8. The van der Waals surface area contributed by atoms with E-state index >= 15 is 0 Å². The van der Waals surface area contributed by atoms with Gasteiger partial charge in [-0.25, -0.2) is 12.8 Å². The van der Waals surface area contributed by atoms with Gasteiger partial charge in [-0.2, -0.15) is 4.31 Å². The molecular formula is C12H17FN2O2S. The molecule has 0 bridgehead atoms. The first-order valence-electron chi connectivity index (χ1n) is 5.43. The third kappa shape index (κ3) is 3.16. The van der Waals surface area contributed by atoms with E-state index in [0.29, 0.717) is 5.56 Å². The summed E-state index contributed by atoms with van der Waals surface area (Å²) in [6.45, 7) is 3.98. The predicted molar refractivity (Wildman–Crippen MR) is 69.2 cm³/mol. The average molecular weight is 272 g/mol. The highest BCUT2D eigenvalue weighted by Gasteiger charge is 2.20. The van der Waals surface area contributed by atoms with Gasteiger partial charge in [-0.15, -0.1) is 6.58 Å². The fourth-order valence-corrected chi connectivity index (χ4v) is 2.69. The molecule has 0 atom stereocenters. The fourth-order valence-electron chi connectivity index (χ4n) is 1.50. The van der Waals surface area contributed by atoms with Crippen LogP contribution < -0.4 is 5.32 Å². The number of sulfonamides is 1. The lowest BCUT2D eigenvalue weighted by atomic mass is 10.2. The zero-order valence-corrected chi connectivity index (χ0v) is 11.3. The number of hydrogen-bond donors (Lipinski definition) is 1. The van der Waals surface area contributed by atoms with Crippen molar-refractivity contribution in [1.82, 2.24) is 9.62 Å². The number of hydrogen-bond acceptors (Lipinski definition) is 3. The molecule has 0 aliphatic carbocycles. The maximum Gasteiger partial charge on any atom is 0.243 e. The van der Waals surface area contributed by atoms with Crippen molar-refractivity contribution in [2.24, 2.45) is 0 Å². The summed E-state index contributed by atoms with van der Waals surface area (Å²) in [5.41, 5.74) is 0.325. The summed E-state index contributed by atoms with van der Waals surface area (Å²) in [7, 11) is -0.464. The first-order valence-corrected chi connectivity index (χ1v) is 6.87. The van der Waals surface area contributed by atoms with Crippen LogP contribution in [0, 0.1) is 5.82 Å². The van der Waals surface area contributed by atoms with Gasteiger partial charge in [-0.1, -0.05) is 6.08 Å². The Morgan fingerprint density at radius 2 is 2.17 bits per heavy atom. The molecule has 1 N–H and O–H groups in total. The lowest BCUT2D eigenvalue weighted by molar-refractivity contribution is 0.498. The highest BCUT2D eigenvalue weighted by atomic mass is 32.2. The molecule has 4 nitrogen and oxygen atoms in total. The van der Waals surface area contributed by atoms with Crippen LogP contribution in [0.15, 0.2) is 35.7 Å². The van der Waals surface area contributed by atoms with Crippen molar-refractivity contribution in [2.45, 2.75) is 11.4 Å². The van der Waals surface area contributed by atoms with Gasteiger partial charge < -0.3 is 5.32 Å². The number of benzene rings is 1. The Bertz CT molecular complexity index is 529. The van der Waals surface area contributed by atoms with Gasteiger partial charge in [0.1, 0.15) is 5.82 Å². The predicted octanol–water partition coefficient (Wildman–Crippen LogP) is 1.35. The number of rotatable bonds is 6. The Kier molecular flexibility index (Phi) is 5.01. The normalized spacial score (nSPS) is 11.8. The molecule has 0 spiro atoms. The Morgan fingerprint density at radius 1 is 1.50 bits per heavy atom. The summed E-state index contributed by atoms with van der Waals surface area (Å²) in [5, 5.41) is 2.79. The van der Waals surface area contributed by atoms with E-state index in [1.54, 1.807) is 7.05 Å². The molecular weight excluding hydrogens is 255 g/mol. The lowest BCUT2D eigenvalue weighted by Gasteiger charge is -2.16. The largest absolute Gasteiger partial charge is 0.316 e. The van der Waals surface area contributed by atoms with Gasteiger partial charge in [0, 0.05) is 25.7 Å². The monoisotopic (exact) mass is 272 g/mol. The molecule has 0 aliphatic heterocycles. The molecule has 6 heteroatoms. The van der Waals surface area contributed by atoms with Crippen LogP contribution in [0.25, 0.3) is 0 Å². The number of nitrogens with one attached hydrogen (secondary N) is 1. The number of nitrogens with zero attached hydrogens (tertiary/aromatic N) is 1. The van der Waals surface area contributed by atoms with Crippen LogP contribution in [0.5, 0.6) is 0 Å². The molecule has 0 radical (unpaired) electrons. The summed E-state index contributed by atoms with van der Waals surface area (Å²) in [5.74, 6) is -0.422. The van der Waals surface area contributed by atoms with E-state index in [1.807, 2.05) is 0 Å². The maximum absolute atomic E-state index is 13.4. The van der Waals surface area contributed by atoms with Gasteiger partial charge >= 0.3 is 0 Å². The molecule has 0 saturated carbocycles. The average Bonchev–Trinajstić information content (AvgIpc) is 2.32. The highest BCUT2D eigenvalue weighted by molar-refractivity contribution is 7.89. The van der Waals surface area contributed by atoms with Gasteiger partial charge in [-0.3, -0.25) is 0 Å².